The van der Waals surface area contributed by atoms with Gasteiger partial charge in [-0.2, -0.15) is 0 Å². The van der Waals surface area contributed by atoms with Crippen molar-refractivity contribution >= 4 is 33.9 Å². The normalized spacial score (nSPS) is 11.5. The maximum atomic E-state index is 7.08. The van der Waals surface area contributed by atoms with Gasteiger partial charge in [-0.1, -0.05) is 49.0 Å². The predicted molar refractivity (Wildman–Crippen MR) is 74.2 cm³/mol. The van der Waals surface area contributed by atoms with Crippen LogP contribution in [0.3, 0.4) is 0 Å². The van der Waals surface area contributed by atoms with Crippen molar-refractivity contribution in [3.05, 3.63) is 35.9 Å². The number of nitrogens with two attached hydrogens (primary N) is 1. The molecule has 0 aliphatic heterocycles. The molecule has 2 nitrogen and oxygen atoms in total. The average molecular weight is 289 g/mol. The van der Waals surface area contributed by atoms with Gasteiger partial charge in [0.15, 0.2) is 5.17 Å². The van der Waals surface area contributed by atoms with Crippen molar-refractivity contribution in [3.8, 4) is 0 Å². The quantitative estimate of drug-likeness (QED) is 0.659. The highest BCUT2D eigenvalue weighted by molar-refractivity contribution is 8.93. The van der Waals surface area contributed by atoms with Crippen molar-refractivity contribution in [1.29, 1.82) is 5.41 Å². The molecule has 0 aromatic heterocycles. The van der Waals surface area contributed by atoms with Crippen LogP contribution >= 0.6 is 28.7 Å². The van der Waals surface area contributed by atoms with Crippen LogP contribution in [-0.4, -0.2) is 10.9 Å². The lowest BCUT2D eigenvalue weighted by Gasteiger charge is -2.10. The lowest BCUT2D eigenvalue weighted by atomic mass is 9.99. The third kappa shape index (κ3) is 5.85. The maximum Gasteiger partial charge on any atom is 0.151 e. The fourth-order valence-corrected chi connectivity index (χ4v) is 1.99. The first-order valence-corrected chi connectivity index (χ1v) is 5.70. The van der Waals surface area contributed by atoms with Gasteiger partial charge in [0.25, 0.3) is 0 Å². The molecule has 0 spiro atoms. The SMILES string of the molecule is Br.CC(CCSC(=N)N)c1ccccc1. The number of nitrogens with one attached hydrogen (secondary N) is 1. The highest BCUT2D eigenvalue weighted by Crippen LogP contribution is 2.20. The summed E-state index contributed by atoms with van der Waals surface area (Å²) in [6.07, 6.45) is 1.06. The largest absolute Gasteiger partial charge is 0.379 e. The molecule has 4 heteroatoms. The first-order chi connectivity index (χ1) is 6.70. The van der Waals surface area contributed by atoms with E-state index in [1.165, 1.54) is 17.3 Å². The molecule has 1 atom stereocenters. The second-order valence-electron chi connectivity index (χ2n) is 3.31. The van der Waals surface area contributed by atoms with Gasteiger partial charge in [-0.25, -0.2) is 0 Å². The van der Waals surface area contributed by atoms with E-state index < -0.39 is 0 Å². The standard InChI is InChI=1S/C11H16N2S.BrH/c1-9(7-8-14-11(12)13)10-5-3-2-4-6-10;/h2-6,9H,7-8H2,1H3,(H3,12,13);1H. The number of thioether (sulfide) groups is 1. The number of hydrogen-bond acceptors (Lipinski definition) is 2. The van der Waals surface area contributed by atoms with Gasteiger partial charge in [-0.15, -0.1) is 17.0 Å². The van der Waals surface area contributed by atoms with Crippen molar-refractivity contribution in [2.24, 2.45) is 5.73 Å². The van der Waals surface area contributed by atoms with Crippen LogP contribution in [0, 0.1) is 5.41 Å². The summed E-state index contributed by atoms with van der Waals surface area (Å²) >= 11 is 1.42. The van der Waals surface area contributed by atoms with Crippen LogP contribution in [0.1, 0.15) is 24.8 Å². The van der Waals surface area contributed by atoms with E-state index in [9.17, 15) is 0 Å². The first kappa shape index (κ1) is 14.5. The van der Waals surface area contributed by atoms with Crippen LogP contribution in [-0.2, 0) is 0 Å². The predicted octanol–water partition coefficient (Wildman–Crippen LogP) is 3.38. The van der Waals surface area contributed by atoms with Crippen LogP contribution in [0.5, 0.6) is 0 Å². The van der Waals surface area contributed by atoms with Gasteiger partial charge in [0.2, 0.25) is 0 Å². The molecular weight excluding hydrogens is 272 g/mol. The molecule has 1 aromatic rings. The molecule has 0 saturated carbocycles. The summed E-state index contributed by atoms with van der Waals surface area (Å²) in [7, 11) is 0. The Labute approximate surface area is 106 Å². The molecule has 1 rings (SSSR count). The van der Waals surface area contributed by atoms with E-state index in [1.807, 2.05) is 6.07 Å². The number of halogens is 1. The van der Waals surface area contributed by atoms with Crippen LogP contribution in [0.4, 0.5) is 0 Å². The highest BCUT2D eigenvalue weighted by Gasteiger charge is 2.04. The van der Waals surface area contributed by atoms with Gasteiger partial charge in [-0.05, 0) is 17.9 Å². The average Bonchev–Trinajstić information content (AvgIpc) is 2.18. The molecule has 0 radical (unpaired) electrons. The molecule has 0 fully saturated rings. The fraction of sp³-hybridized carbons (Fsp3) is 0.364. The third-order valence-electron chi connectivity index (χ3n) is 2.18. The third-order valence-corrected chi connectivity index (χ3v) is 2.93. The van der Waals surface area contributed by atoms with E-state index in [0.29, 0.717) is 5.92 Å². The topological polar surface area (TPSA) is 49.9 Å². The molecular formula is C11H17BrN2S. The van der Waals surface area contributed by atoms with Crippen LogP contribution in [0.2, 0.25) is 0 Å². The van der Waals surface area contributed by atoms with E-state index in [1.54, 1.807) is 0 Å². The van der Waals surface area contributed by atoms with Crippen molar-refractivity contribution in [2.45, 2.75) is 19.3 Å². The lowest BCUT2D eigenvalue weighted by Crippen LogP contribution is -2.05. The summed E-state index contributed by atoms with van der Waals surface area (Å²) in [6, 6.07) is 10.4. The van der Waals surface area contributed by atoms with Crippen molar-refractivity contribution < 1.29 is 0 Å². The number of benzene rings is 1. The molecule has 0 amide bonds. The van der Waals surface area contributed by atoms with Gasteiger partial charge in [0, 0.05) is 5.75 Å². The van der Waals surface area contributed by atoms with Crippen molar-refractivity contribution in [1.82, 2.24) is 0 Å². The molecule has 0 aliphatic carbocycles. The van der Waals surface area contributed by atoms with E-state index in [4.69, 9.17) is 11.1 Å². The van der Waals surface area contributed by atoms with Gasteiger partial charge >= 0.3 is 0 Å². The Morgan fingerprint density at radius 3 is 2.53 bits per heavy atom. The molecule has 3 N–H and O–H groups in total. The molecule has 1 unspecified atom stereocenters. The summed E-state index contributed by atoms with van der Waals surface area (Å²) in [5.41, 5.74) is 6.62. The molecule has 0 heterocycles. The summed E-state index contributed by atoms with van der Waals surface area (Å²) in [6.45, 7) is 2.20. The zero-order valence-electron chi connectivity index (χ0n) is 8.77. The van der Waals surface area contributed by atoms with Crippen LogP contribution in [0.15, 0.2) is 30.3 Å². The van der Waals surface area contributed by atoms with E-state index in [-0.39, 0.29) is 22.1 Å². The van der Waals surface area contributed by atoms with Gasteiger partial charge in [0.1, 0.15) is 0 Å². The van der Waals surface area contributed by atoms with Crippen molar-refractivity contribution in [2.75, 3.05) is 5.75 Å². The van der Waals surface area contributed by atoms with Crippen LogP contribution < -0.4 is 5.73 Å². The molecule has 15 heavy (non-hydrogen) atoms. The zero-order chi connectivity index (χ0) is 10.4. The summed E-state index contributed by atoms with van der Waals surface area (Å²) in [4.78, 5) is 0. The fourth-order valence-electron chi connectivity index (χ4n) is 1.29. The Hall–Kier alpha value is -0.480. The lowest BCUT2D eigenvalue weighted by molar-refractivity contribution is 0.742. The summed E-state index contributed by atoms with van der Waals surface area (Å²) in [5.74, 6) is 1.47. The number of rotatable bonds is 4. The molecule has 0 bridgehead atoms. The molecule has 0 aliphatic rings. The zero-order valence-corrected chi connectivity index (χ0v) is 11.3. The Morgan fingerprint density at radius 2 is 2.00 bits per heavy atom. The Kier molecular flexibility index (Phi) is 7.52. The van der Waals surface area contributed by atoms with Crippen LogP contribution in [0.25, 0.3) is 0 Å². The number of amidine groups is 1. The Morgan fingerprint density at radius 1 is 1.40 bits per heavy atom. The summed E-state index contributed by atoms with van der Waals surface area (Å²) in [5, 5.41) is 7.30. The van der Waals surface area contributed by atoms with Gasteiger partial charge in [0.05, 0.1) is 0 Å². The Balaban J connectivity index is 0.00000196. The molecule has 1 aromatic carbocycles. The van der Waals surface area contributed by atoms with Gasteiger partial charge < -0.3 is 5.73 Å². The summed E-state index contributed by atoms with van der Waals surface area (Å²) < 4.78 is 0. The van der Waals surface area contributed by atoms with E-state index in [0.717, 1.165) is 12.2 Å². The van der Waals surface area contributed by atoms with E-state index in [2.05, 4.69) is 31.2 Å². The highest BCUT2D eigenvalue weighted by atomic mass is 79.9. The second kappa shape index (κ2) is 7.77. The Bertz CT molecular complexity index is 290. The number of hydrogen-bond donors (Lipinski definition) is 2. The van der Waals surface area contributed by atoms with Gasteiger partial charge in [-0.3, -0.25) is 5.41 Å². The minimum atomic E-state index is 0. The molecule has 84 valence electrons. The first-order valence-electron chi connectivity index (χ1n) is 4.72. The second-order valence-corrected chi connectivity index (χ2v) is 4.45. The van der Waals surface area contributed by atoms with Crippen molar-refractivity contribution in [3.63, 3.8) is 0 Å². The maximum absolute atomic E-state index is 7.08. The minimum Gasteiger partial charge on any atom is -0.379 e. The minimum absolute atomic E-state index is 0. The smallest absolute Gasteiger partial charge is 0.151 e. The monoisotopic (exact) mass is 288 g/mol. The van der Waals surface area contributed by atoms with E-state index >= 15 is 0 Å². The molecule has 0 saturated heterocycles.